The zero-order valence-corrected chi connectivity index (χ0v) is 14.5. The number of benzene rings is 1. The van der Waals surface area contributed by atoms with Crippen LogP contribution in [0.25, 0.3) is 0 Å². The number of ether oxygens (including phenoxy) is 2. The van der Waals surface area contributed by atoms with E-state index >= 15 is 0 Å². The lowest BCUT2D eigenvalue weighted by atomic mass is 9.78. The zero-order valence-electron chi connectivity index (χ0n) is 13.6. The smallest absolute Gasteiger partial charge is 0.314 e. The van der Waals surface area contributed by atoms with Crippen molar-refractivity contribution in [2.45, 2.75) is 55.1 Å². The van der Waals surface area contributed by atoms with Crippen LogP contribution in [-0.2, 0) is 10.2 Å². The second kappa shape index (κ2) is 6.82. The molecule has 4 nitrogen and oxygen atoms in total. The quantitative estimate of drug-likeness (QED) is 0.798. The maximum Gasteiger partial charge on any atom is 0.314 e. The Hall–Kier alpha value is -1.36. The first kappa shape index (κ1) is 17.0. The van der Waals surface area contributed by atoms with Gasteiger partial charge in [0.25, 0.3) is 0 Å². The standard InChI is InChI=1S/C17H24O4S/c1-11(2)22-12-9-13(20-3)15(14(10-12)21-4)17(16(18)19)7-5-6-8-17/h9-11H,5-8H2,1-4H3,(H,18,19). The number of methoxy groups -OCH3 is 2. The van der Waals surface area contributed by atoms with E-state index in [1.165, 1.54) is 0 Å². The van der Waals surface area contributed by atoms with Crippen molar-refractivity contribution in [1.29, 1.82) is 0 Å². The van der Waals surface area contributed by atoms with E-state index < -0.39 is 11.4 Å². The molecule has 22 heavy (non-hydrogen) atoms. The van der Waals surface area contributed by atoms with Gasteiger partial charge in [0.2, 0.25) is 0 Å². The minimum Gasteiger partial charge on any atom is -0.496 e. The maximum atomic E-state index is 12.0. The van der Waals surface area contributed by atoms with Gasteiger partial charge in [-0.25, -0.2) is 0 Å². The van der Waals surface area contributed by atoms with E-state index in [0.29, 0.717) is 35.2 Å². The van der Waals surface area contributed by atoms with Gasteiger partial charge in [0, 0.05) is 10.1 Å². The first-order valence-corrected chi connectivity index (χ1v) is 8.49. The van der Waals surface area contributed by atoms with E-state index in [-0.39, 0.29) is 0 Å². The Bertz CT molecular complexity index is 523. The summed E-state index contributed by atoms with van der Waals surface area (Å²) in [5, 5.41) is 10.3. The summed E-state index contributed by atoms with van der Waals surface area (Å²) < 4.78 is 11.1. The van der Waals surface area contributed by atoms with E-state index in [1.807, 2.05) is 12.1 Å². The summed E-state index contributed by atoms with van der Waals surface area (Å²) >= 11 is 1.71. The predicted molar refractivity (Wildman–Crippen MR) is 88.3 cm³/mol. The average molecular weight is 324 g/mol. The number of carbonyl (C=O) groups is 1. The van der Waals surface area contributed by atoms with Gasteiger partial charge in [0.1, 0.15) is 11.5 Å². The van der Waals surface area contributed by atoms with Gasteiger partial charge in [-0.1, -0.05) is 26.7 Å². The highest BCUT2D eigenvalue weighted by Gasteiger charge is 2.47. The number of thioether (sulfide) groups is 1. The molecule has 0 saturated heterocycles. The molecule has 0 bridgehead atoms. The van der Waals surface area contributed by atoms with Crippen molar-refractivity contribution in [2.24, 2.45) is 0 Å². The second-order valence-electron chi connectivity index (χ2n) is 5.96. The van der Waals surface area contributed by atoms with Gasteiger partial charge >= 0.3 is 5.97 Å². The topological polar surface area (TPSA) is 55.8 Å². The number of hydrogen-bond donors (Lipinski definition) is 1. The van der Waals surface area contributed by atoms with Crippen LogP contribution in [0.1, 0.15) is 45.1 Å². The third-order valence-electron chi connectivity index (χ3n) is 4.20. The van der Waals surface area contributed by atoms with Crippen LogP contribution in [0.4, 0.5) is 0 Å². The SMILES string of the molecule is COc1cc(SC(C)C)cc(OC)c1C1(C(=O)O)CCCC1. The van der Waals surface area contributed by atoms with Crippen LogP contribution < -0.4 is 9.47 Å². The molecular weight excluding hydrogens is 300 g/mol. The molecule has 2 rings (SSSR count). The maximum absolute atomic E-state index is 12.0. The third kappa shape index (κ3) is 3.05. The summed E-state index contributed by atoms with van der Waals surface area (Å²) in [6, 6.07) is 3.87. The molecule has 0 aliphatic heterocycles. The highest BCUT2D eigenvalue weighted by atomic mass is 32.2. The van der Waals surface area contributed by atoms with Crippen molar-refractivity contribution in [1.82, 2.24) is 0 Å². The minimum atomic E-state index is -0.891. The lowest BCUT2D eigenvalue weighted by molar-refractivity contribution is -0.143. The molecule has 1 aliphatic rings. The van der Waals surface area contributed by atoms with Crippen LogP contribution in [0.15, 0.2) is 17.0 Å². The minimum absolute atomic E-state index is 0.431. The van der Waals surface area contributed by atoms with Crippen LogP contribution >= 0.6 is 11.8 Å². The van der Waals surface area contributed by atoms with Gasteiger partial charge in [-0.2, -0.15) is 0 Å². The zero-order chi connectivity index (χ0) is 16.3. The van der Waals surface area contributed by atoms with Crippen molar-refractivity contribution in [2.75, 3.05) is 14.2 Å². The number of hydrogen-bond acceptors (Lipinski definition) is 4. The van der Waals surface area contributed by atoms with Crippen LogP contribution in [-0.4, -0.2) is 30.5 Å². The molecule has 0 spiro atoms. The van der Waals surface area contributed by atoms with Crippen LogP contribution in [0.3, 0.4) is 0 Å². The second-order valence-corrected chi connectivity index (χ2v) is 7.61. The predicted octanol–water partition coefficient (Wildman–Crippen LogP) is 4.10. The van der Waals surface area contributed by atoms with Crippen LogP contribution in [0, 0.1) is 0 Å². The third-order valence-corrected chi connectivity index (χ3v) is 5.18. The van der Waals surface area contributed by atoms with Crippen LogP contribution in [0.5, 0.6) is 11.5 Å². The first-order chi connectivity index (χ1) is 10.4. The molecule has 122 valence electrons. The summed E-state index contributed by atoms with van der Waals surface area (Å²) in [6.07, 6.45) is 3.10. The molecule has 0 unspecified atom stereocenters. The number of aliphatic carboxylic acids is 1. The lowest BCUT2D eigenvalue weighted by Gasteiger charge is -2.28. The molecule has 1 aliphatic carbocycles. The van der Waals surface area contributed by atoms with Gasteiger partial charge in [-0.3, -0.25) is 4.79 Å². The van der Waals surface area contributed by atoms with Crippen molar-refractivity contribution in [3.63, 3.8) is 0 Å². The molecule has 1 aromatic rings. The number of carboxylic acids is 1. The van der Waals surface area contributed by atoms with E-state index in [2.05, 4.69) is 13.8 Å². The Labute approximate surface area is 136 Å². The fourth-order valence-electron chi connectivity index (χ4n) is 3.25. The molecular formula is C17H24O4S. The summed E-state index contributed by atoms with van der Waals surface area (Å²) in [5.74, 6) is 0.449. The molecule has 0 heterocycles. The van der Waals surface area contributed by atoms with Gasteiger partial charge in [-0.15, -0.1) is 11.8 Å². The van der Waals surface area contributed by atoms with Gasteiger partial charge < -0.3 is 14.6 Å². The summed E-state index contributed by atoms with van der Waals surface area (Å²) in [7, 11) is 3.18. The molecule has 1 aromatic carbocycles. The molecule has 0 radical (unpaired) electrons. The average Bonchev–Trinajstić information content (AvgIpc) is 2.96. The lowest BCUT2D eigenvalue weighted by Crippen LogP contribution is -2.33. The molecule has 0 aromatic heterocycles. The largest absolute Gasteiger partial charge is 0.496 e. The number of rotatable bonds is 6. The van der Waals surface area contributed by atoms with E-state index in [0.717, 1.165) is 17.7 Å². The Morgan fingerprint density at radius 1 is 1.18 bits per heavy atom. The highest BCUT2D eigenvalue weighted by Crippen LogP contribution is 2.50. The fraction of sp³-hybridized carbons (Fsp3) is 0.588. The Kier molecular flexibility index (Phi) is 5.27. The van der Waals surface area contributed by atoms with E-state index in [9.17, 15) is 9.90 Å². The molecule has 5 heteroatoms. The van der Waals surface area contributed by atoms with Crippen molar-refractivity contribution < 1.29 is 19.4 Å². The summed E-state index contributed by atoms with van der Waals surface area (Å²) in [6.45, 7) is 4.24. The normalized spacial score (nSPS) is 16.8. The highest BCUT2D eigenvalue weighted by molar-refractivity contribution is 7.99. The van der Waals surface area contributed by atoms with Gasteiger partial charge in [0.15, 0.2) is 0 Å². The summed E-state index contributed by atoms with van der Waals surface area (Å²) in [5.41, 5.74) is -0.201. The molecule has 0 amide bonds. The van der Waals surface area contributed by atoms with Gasteiger partial charge in [-0.05, 0) is 25.0 Å². The number of carboxylic acid groups (broad SMARTS) is 1. The molecule has 1 N–H and O–H groups in total. The Morgan fingerprint density at radius 2 is 1.68 bits per heavy atom. The van der Waals surface area contributed by atoms with E-state index in [4.69, 9.17) is 9.47 Å². The Balaban J connectivity index is 2.60. The van der Waals surface area contributed by atoms with Crippen molar-refractivity contribution in [3.05, 3.63) is 17.7 Å². The monoisotopic (exact) mass is 324 g/mol. The van der Waals surface area contributed by atoms with E-state index in [1.54, 1.807) is 26.0 Å². The van der Waals surface area contributed by atoms with Crippen molar-refractivity contribution >= 4 is 17.7 Å². The van der Waals surface area contributed by atoms with Gasteiger partial charge in [0.05, 0.1) is 25.2 Å². The van der Waals surface area contributed by atoms with Crippen LogP contribution in [0.2, 0.25) is 0 Å². The molecule has 1 fully saturated rings. The Morgan fingerprint density at radius 3 is 2.05 bits per heavy atom. The first-order valence-electron chi connectivity index (χ1n) is 7.61. The molecule has 0 atom stereocenters. The molecule has 1 saturated carbocycles. The fourth-order valence-corrected chi connectivity index (χ4v) is 4.14. The summed E-state index contributed by atoms with van der Waals surface area (Å²) in [4.78, 5) is 13.0. The van der Waals surface area contributed by atoms with Crippen molar-refractivity contribution in [3.8, 4) is 11.5 Å².